The lowest BCUT2D eigenvalue weighted by molar-refractivity contribution is 0.743. The Hall–Kier alpha value is -3.54. The van der Waals surface area contributed by atoms with Crippen molar-refractivity contribution in [2.45, 2.75) is 40.2 Å². The summed E-state index contributed by atoms with van der Waals surface area (Å²) in [5.74, 6) is 0.520. The number of hydrogen-bond acceptors (Lipinski definition) is 4. The summed E-state index contributed by atoms with van der Waals surface area (Å²) >= 11 is 0. The lowest BCUT2D eigenvalue weighted by Gasteiger charge is -2.05. The van der Waals surface area contributed by atoms with Gasteiger partial charge >= 0.3 is 0 Å². The fourth-order valence-corrected chi connectivity index (χ4v) is 4.25. The molecule has 0 aliphatic rings. The fraction of sp³-hybridized carbons (Fsp3) is 0.250. The van der Waals surface area contributed by atoms with Gasteiger partial charge < -0.3 is 4.57 Å². The average Bonchev–Trinajstić information content (AvgIpc) is 3.25. The molecule has 0 amide bonds. The number of aromatic nitrogens is 6. The van der Waals surface area contributed by atoms with Crippen LogP contribution in [0, 0.1) is 13.8 Å². The molecule has 150 valence electrons. The third-order valence-corrected chi connectivity index (χ3v) is 5.82. The van der Waals surface area contributed by atoms with Crippen LogP contribution in [0.2, 0.25) is 0 Å². The van der Waals surface area contributed by atoms with Gasteiger partial charge in [-0.3, -0.25) is 0 Å². The summed E-state index contributed by atoms with van der Waals surface area (Å²) in [4.78, 5) is 4.88. The lowest BCUT2D eigenvalue weighted by Crippen LogP contribution is -2.08. The summed E-state index contributed by atoms with van der Waals surface area (Å²) in [6.07, 6.45) is 1.92. The van der Waals surface area contributed by atoms with Crippen LogP contribution < -0.4 is 0 Å². The van der Waals surface area contributed by atoms with Gasteiger partial charge in [0.1, 0.15) is 5.52 Å². The minimum absolute atomic E-state index is 0.520. The zero-order chi connectivity index (χ0) is 20.7. The van der Waals surface area contributed by atoms with Crippen LogP contribution in [0.1, 0.15) is 29.4 Å². The molecule has 6 heteroatoms. The normalized spacial score (nSPS) is 11.6. The van der Waals surface area contributed by atoms with Gasteiger partial charge in [0.25, 0.3) is 5.95 Å². The molecule has 6 nitrogen and oxygen atoms in total. The summed E-state index contributed by atoms with van der Waals surface area (Å²) in [6, 6.07) is 18.8. The second kappa shape index (κ2) is 7.37. The summed E-state index contributed by atoms with van der Waals surface area (Å²) in [7, 11) is 0. The molecular formula is C24H24N6. The van der Waals surface area contributed by atoms with Gasteiger partial charge in [-0.15, -0.1) is 10.2 Å². The SMILES string of the molecule is CCn1c2ccccc2c2nnc(-n3nc(C)c(CCc4ccccc4)c3C)nc21. The third kappa shape index (κ3) is 2.96. The molecule has 0 unspecified atom stereocenters. The number of aryl methyl sites for hydroxylation is 3. The number of benzene rings is 2. The van der Waals surface area contributed by atoms with E-state index in [0.717, 1.165) is 52.8 Å². The molecule has 0 fully saturated rings. The Kier molecular flexibility index (Phi) is 4.54. The molecule has 0 saturated carbocycles. The summed E-state index contributed by atoms with van der Waals surface area (Å²) in [5.41, 5.74) is 7.48. The van der Waals surface area contributed by atoms with Gasteiger partial charge in [-0.05, 0) is 50.8 Å². The Bertz CT molecular complexity index is 1350. The number of fused-ring (bicyclic) bond motifs is 3. The predicted molar refractivity (Wildman–Crippen MR) is 119 cm³/mol. The minimum Gasteiger partial charge on any atom is -0.324 e. The second-order valence-corrected chi connectivity index (χ2v) is 7.59. The Labute approximate surface area is 175 Å². The van der Waals surface area contributed by atoms with Crippen molar-refractivity contribution < 1.29 is 0 Å². The van der Waals surface area contributed by atoms with E-state index < -0.39 is 0 Å². The van der Waals surface area contributed by atoms with Gasteiger partial charge in [-0.25, -0.2) is 4.68 Å². The van der Waals surface area contributed by atoms with Crippen LogP contribution in [0.15, 0.2) is 54.6 Å². The first-order chi connectivity index (χ1) is 14.7. The van der Waals surface area contributed by atoms with Crippen molar-refractivity contribution in [3.8, 4) is 5.95 Å². The van der Waals surface area contributed by atoms with Crippen molar-refractivity contribution in [3.05, 3.63) is 77.1 Å². The smallest absolute Gasteiger partial charge is 0.272 e. The minimum atomic E-state index is 0.520. The van der Waals surface area contributed by atoms with Gasteiger partial charge in [0, 0.05) is 17.6 Å². The van der Waals surface area contributed by atoms with Crippen molar-refractivity contribution in [1.29, 1.82) is 0 Å². The van der Waals surface area contributed by atoms with E-state index in [0.29, 0.717) is 5.95 Å². The van der Waals surface area contributed by atoms with Crippen molar-refractivity contribution >= 4 is 22.1 Å². The van der Waals surface area contributed by atoms with E-state index in [1.807, 2.05) is 22.9 Å². The van der Waals surface area contributed by atoms with E-state index in [4.69, 9.17) is 10.1 Å². The molecule has 0 radical (unpaired) electrons. The molecule has 0 saturated heterocycles. The van der Waals surface area contributed by atoms with Crippen LogP contribution >= 0.6 is 0 Å². The summed E-state index contributed by atoms with van der Waals surface area (Å²) in [5, 5.41) is 14.8. The molecule has 0 spiro atoms. The fourth-order valence-electron chi connectivity index (χ4n) is 4.25. The molecule has 30 heavy (non-hydrogen) atoms. The standard InChI is InChI=1S/C24H24N6/c1-4-29-21-13-9-8-12-20(21)22-23(29)25-24(27-26-22)30-17(3)19(16(2)28-30)15-14-18-10-6-5-7-11-18/h5-13H,4,14-15H2,1-3H3. The van der Waals surface area contributed by atoms with E-state index in [-0.39, 0.29) is 0 Å². The highest BCUT2D eigenvalue weighted by atomic mass is 15.4. The first kappa shape index (κ1) is 18.5. The molecule has 0 aliphatic carbocycles. The van der Waals surface area contributed by atoms with Crippen LogP contribution in [0.3, 0.4) is 0 Å². The van der Waals surface area contributed by atoms with Crippen LogP contribution in [-0.4, -0.2) is 29.5 Å². The maximum absolute atomic E-state index is 4.88. The van der Waals surface area contributed by atoms with Crippen molar-refractivity contribution in [2.75, 3.05) is 0 Å². The van der Waals surface area contributed by atoms with Crippen LogP contribution in [0.25, 0.3) is 28.0 Å². The summed E-state index contributed by atoms with van der Waals surface area (Å²) < 4.78 is 4.02. The van der Waals surface area contributed by atoms with Crippen LogP contribution in [-0.2, 0) is 19.4 Å². The van der Waals surface area contributed by atoms with E-state index in [1.165, 1.54) is 11.1 Å². The third-order valence-electron chi connectivity index (χ3n) is 5.82. The zero-order valence-corrected chi connectivity index (χ0v) is 17.5. The molecule has 5 rings (SSSR count). The molecular weight excluding hydrogens is 372 g/mol. The zero-order valence-electron chi connectivity index (χ0n) is 17.5. The van der Waals surface area contributed by atoms with Crippen molar-refractivity contribution in [1.82, 2.24) is 29.5 Å². The Morgan fingerprint density at radius 1 is 0.867 bits per heavy atom. The van der Waals surface area contributed by atoms with Gasteiger partial charge in [-0.1, -0.05) is 48.5 Å². The maximum atomic E-state index is 4.88. The van der Waals surface area contributed by atoms with Crippen LogP contribution in [0.5, 0.6) is 0 Å². The van der Waals surface area contributed by atoms with Gasteiger partial charge in [-0.2, -0.15) is 10.1 Å². The molecule has 0 atom stereocenters. The quantitative estimate of drug-likeness (QED) is 0.436. The number of nitrogens with zero attached hydrogens (tertiary/aromatic N) is 6. The monoisotopic (exact) mass is 396 g/mol. The Balaban J connectivity index is 1.56. The first-order valence-electron chi connectivity index (χ1n) is 10.4. The van der Waals surface area contributed by atoms with E-state index >= 15 is 0 Å². The van der Waals surface area contributed by atoms with Gasteiger partial charge in [0.15, 0.2) is 5.65 Å². The van der Waals surface area contributed by atoms with Crippen LogP contribution in [0.4, 0.5) is 0 Å². The lowest BCUT2D eigenvalue weighted by atomic mass is 10.0. The Morgan fingerprint density at radius 3 is 2.43 bits per heavy atom. The second-order valence-electron chi connectivity index (χ2n) is 7.59. The number of rotatable bonds is 5. The first-order valence-corrected chi connectivity index (χ1v) is 10.4. The topological polar surface area (TPSA) is 61.4 Å². The summed E-state index contributed by atoms with van der Waals surface area (Å²) in [6.45, 7) is 7.09. The molecule has 0 bridgehead atoms. The van der Waals surface area contributed by atoms with E-state index in [1.54, 1.807) is 0 Å². The largest absolute Gasteiger partial charge is 0.324 e. The highest BCUT2D eigenvalue weighted by Gasteiger charge is 2.18. The van der Waals surface area contributed by atoms with Gasteiger partial charge in [0.05, 0.1) is 11.2 Å². The molecule has 0 N–H and O–H groups in total. The number of hydrogen-bond donors (Lipinski definition) is 0. The molecule has 3 aromatic heterocycles. The maximum Gasteiger partial charge on any atom is 0.272 e. The van der Waals surface area contributed by atoms with Gasteiger partial charge in [0.2, 0.25) is 0 Å². The average molecular weight is 396 g/mol. The molecule has 0 aliphatic heterocycles. The molecule has 3 heterocycles. The highest BCUT2D eigenvalue weighted by molar-refractivity contribution is 6.04. The predicted octanol–water partition coefficient (Wildman–Crippen LogP) is 4.59. The highest BCUT2D eigenvalue weighted by Crippen LogP contribution is 2.26. The van der Waals surface area contributed by atoms with Crippen molar-refractivity contribution in [2.24, 2.45) is 0 Å². The Morgan fingerprint density at radius 2 is 1.63 bits per heavy atom. The number of para-hydroxylation sites is 1. The van der Waals surface area contributed by atoms with Crippen molar-refractivity contribution in [3.63, 3.8) is 0 Å². The van der Waals surface area contributed by atoms with E-state index in [9.17, 15) is 0 Å². The molecule has 5 aromatic rings. The molecule has 2 aromatic carbocycles. The van der Waals surface area contributed by atoms with E-state index in [2.05, 4.69) is 71.9 Å².